The number of hydrogen-bond acceptors (Lipinski definition) is 1. The molecule has 0 N–H and O–H groups in total. The van der Waals surface area contributed by atoms with E-state index in [9.17, 15) is 8.78 Å². The Kier molecular flexibility index (Phi) is 5.08. The Morgan fingerprint density at radius 1 is 0.926 bits per heavy atom. The molecule has 0 saturated heterocycles. The average molecular weight is 366 g/mol. The minimum absolute atomic E-state index is 0.0209. The summed E-state index contributed by atoms with van der Waals surface area (Å²) >= 11 is 0. The fourth-order valence-electron chi connectivity index (χ4n) is 4.01. The zero-order valence-corrected chi connectivity index (χ0v) is 15.5. The fourth-order valence-corrected chi connectivity index (χ4v) is 4.01. The second kappa shape index (κ2) is 7.65. The van der Waals surface area contributed by atoms with Crippen LogP contribution in [0, 0.1) is 11.6 Å². The van der Waals surface area contributed by atoms with Gasteiger partial charge in [0.2, 0.25) is 0 Å². The molecule has 27 heavy (non-hydrogen) atoms. The van der Waals surface area contributed by atoms with Crippen LogP contribution in [0.4, 0.5) is 8.78 Å². The lowest BCUT2D eigenvalue weighted by Gasteiger charge is -2.31. The molecule has 4 heteroatoms. The highest BCUT2D eigenvalue weighted by molar-refractivity contribution is 5.33. The fraction of sp³-hybridized carbons (Fsp3) is 0.304. The summed E-state index contributed by atoms with van der Waals surface area (Å²) in [6.45, 7) is 4.10. The van der Waals surface area contributed by atoms with E-state index in [0.717, 1.165) is 31.5 Å². The number of aromatic nitrogens is 1. The Hall–Kier alpha value is -2.46. The molecule has 0 spiro atoms. The Balaban J connectivity index is 1.76. The van der Waals surface area contributed by atoms with Crippen molar-refractivity contribution in [3.05, 3.63) is 94.8 Å². The lowest BCUT2D eigenvalue weighted by atomic mass is 9.99. The van der Waals surface area contributed by atoms with Gasteiger partial charge in [0.05, 0.1) is 6.04 Å². The predicted octanol–water partition coefficient (Wildman–Crippen LogP) is 5.32. The van der Waals surface area contributed by atoms with Crippen LogP contribution in [0.5, 0.6) is 0 Å². The lowest BCUT2D eigenvalue weighted by Crippen LogP contribution is -2.30. The Morgan fingerprint density at radius 2 is 1.67 bits per heavy atom. The Bertz CT molecular complexity index is 894. The van der Waals surface area contributed by atoms with Gasteiger partial charge in [-0.25, -0.2) is 8.78 Å². The summed E-state index contributed by atoms with van der Waals surface area (Å²) in [6.07, 6.45) is 4.03. The molecule has 0 aliphatic carbocycles. The molecule has 4 rings (SSSR count). The van der Waals surface area contributed by atoms with Crippen molar-refractivity contribution < 1.29 is 8.78 Å². The molecule has 140 valence electrons. The van der Waals surface area contributed by atoms with Gasteiger partial charge in [0.1, 0.15) is 11.6 Å². The van der Waals surface area contributed by atoms with E-state index in [1.54, 1.807) is 0 Å². The van der Waals surface area contributed by atoms with Crippen LogP contribution in [0.3, 0.4) is 0 Å². The number of rotatable bonds is 4. The smallest absolute Gasteiger partial charge is 0.130 e. The van der Waals surface area contributed by atoms with Crippen LogP contribution in [0.1, 0.15) is 41.8 Å². The van der Waals surface area contributed by atoms with Crippen molar-refractivity contribution in [1.82, 2.24) is 9.47 Å². The highest BCUT2D eigenvalue weighted by Gasteiger charge is 2.28. The molecule has 0 amide bonds. The summed E-state index contributed by atoms with van der Waals surface area (Å²) in [6, 6.07) is 16.8. The highest BCUT2D eigenvalue weighted by atomic mass is 19.1. The van der Waals surface area contributed by atoms with Gasteiger partial charge in [-0.1, -0.05) is 37.3 Å². The van der Waals surface area contributed by atoms with E-state index in [2.05, 4.69) is 59.0 Å². The third-order valence-electron chi connectivity index (χ3n) is 5.48. The lowest BCUT2D eigenvalue weighted by molar-refractivity contribution is 0.214. The number of halogens is 2. The first-order valence-corrected chi connectivity index (χ1v) is 9.58. The maximum atomic E-state index is 14.3. The van der Waals surface area contributed by atoms with E-state index in [-0.39, 0.29) is 18.2 Å². The zero-order chi connectivity index (χ0) is 18.8. The van der Waals surface area contributed by atoms with Crippen molar-refractivity contribution >= 4 is 0 Å². The molecule has 3 aromatic rings. The van der Waals surface area contributed by atoms with Gasteiger partial charge in [-0.2, -0.15) is 0 Å². The second-order valence-electron chi connectivity index (χ2n) is 7.15. The molecular weight excluding hydrogens is 342 g/mol. The van der Waals surface area contributed by atoms with Crippen molar-refractivity contribution in [3.63, 3.8) is 0 Å². The summed E-state index contributed by atoms with van der Waals surface area (Å²) in [7, 11) is 0. The van der Waals surface area contributed by atoms with E-state index >= 15 is 0 Å². The van der Waals surface area contributed by atoms with Gasteiger partial charge >= 0.3 is 0 Å². The number of benzene rings is 2. The molecule has 2 nitrogen and oxygen atoms in total. The topological polar surface area (TPSA) is 8.17 Å². The van der Waals surface area contributed by atoms with Crippen molar-refractivity contribution in [2.75, 3.05) is 6.54 Å². The zero-order valence-electron chi connectivity index (χ0n) is 15.5. The van der Waals surface area contributed by atoms with Crippen LogP contribution in [0.2, 0.25) is 0 Å². The second-order valence-corrected chi connectivity index (χ2v) is 7.15. The molecule has 1 aliphatic heterocycles. The minimum atomic E-state index is -0.477. The van der Waals surface area contributed by atoms with Crippen molar-refractivity contribution in [2.24, 2.45) is 0 Å². The van der Waals surface area contributed by atoms with Gasteiger partial charge in [0, 0.05) is 37.1 Å². The summed E-state index contributed by atoms with van der Waals surface area (Å²) in [4.78, 5) is 2.20. The summed E-state index contributed by atoms with van der Waals surface area (Å²) in [5.41, 5.74) is 3.77. The van der Waals surface area contributed by atoms with Crippen molar-refractivity contribution in [3.8, 4) is 0 Å². The highest BCUT2D eigenvalue weighted by Crippen LogP contribution is 2.33. The van der Waals surface area contributed by atoms with Crippen LogP contribution in [-0.2, 0) is 19.5 Å². The van der Waals surface area contributed by atoms with Crippen LogP contribution in [0.15, 0.2) is 60.8 Å². The van der Waals surface area contributed by atoms with E-state index in [0.29, 0.717) is 0 Å². The normalized spacial score (nSPS) is 17.5. The first-order valence-electron chi connectivity index (χ1n) is 9.58. The summed E-state index contributed by atoms with van der Waals surface area (Å²) in [5, 5.41) is 0. The third kappa shape index (κ3) is 3.54. The van der Waals surface area contributed by atoms with Gasteiger partial charge in [0.15, 0.2) is 0 Å². The number of hydrogen-bond donors (Lipinski definition) is 0. The van der Waals surface area contributed by atoms with E-state index < -0.39 is 11.6 Å². The molecule has 1 atom stereocenters. The first-order chi connectivity index (χ1) is 13.2. The minimum Gasteiger partial charge on any atom is -0.350 e. The molecule has 0 radical (unpaired) electrons. The van der Waals surface area contributed by atoms with Gasteiger partial charge < -0.3 is 4.57 Å². The van der Waals surface area contributed by atoms with Crippen LogP contribution < -0.4 is 0 Å². The van der Waals surface area contributed by atoms with Gasteiger partial charge in [0.25, 0.3) is 0 Å². The van der Waals surface area contributed by atoms with Gasteiger partial charge in [-0.15, -0.1) is 0 Å². The Labute approximate surface area is 159 Å². The standard InChI is InChI=1S/C23H24F2N2/c1-2-17-9-11-18(12-10-17)23-22-8-4-13-26(22)14-5-15-27(23)16-19-20(24)6-3-7-21(19)25/h3-4,6-13,23H,2,5,14-16H2,1H3/t23-/m0/s1. The van der Waals surface area contributed by atoms with Crippen molar-refractivity contribution in [1.29, 1.82) is 0 Å². The van der Waals surface area contributed by atoms with Crippen LogP contribution in [0.25, 0.3) is 0 Å². The van der Waals surface area contributed by atoms with E-state index in [1.165, 1.54) is 29.5 Å². The molecule has 0 bridgehead atoms. The third-order valence-corrected chi connectivity index (χ3v) is 5.48. The molecule has 2 heterocycles. The monoisotopic (exact) mass is 366 g/mol. The maximum absolute atomic E-state index is 14.3. The summed E-state index contributed by atoms with van der Waals surface area (Å²) in [5.74, 6) is -0.954. The van der Waals surface area contributed by atoms with E-state index in [1.807, 2.05) is 0 Å². The van der Waals surface area contributed by atoms with Gasteiger partial charge in [-0.05, 0) is 48.2 Å². The predicted molar refractivity (Wildman–Crippen MR) is 103 cm³/mol. The molecule has 0 fully saturated rings. The average Bonchev–Trinajstić information content (AvgIpc) is 3.06. The van der Waals surface area contributed by atoms with Crippen LogP contribution >= 0.6 is 0 Å². The molecule has 0 saturated carbocycles. The molecule has 1 aromatic heterocycles. The molecular formula is C23H24F2N2. The SMILES string of the molecule is CCc1ccc([C@H]2c3cccn3CCCN2Cc2c(F)cccc2F)cc1. The van der Waals surface area contributed by atoms with Crippen LogP contribution in [-0.4, -0.2) is 16.0 Å². The van der Waals surface area contributed by atoms with Crippen molar-refractivity contribution in [2.45, 2.75) is 38.9 Å². The quantitative estimate of drug-likeness (QED) is 0.606. The summed E-state index contributed by atoms with van der Waals surface area (Å²) < 4.78 is 30.9. The maximum Gasteiger partial charge on any atom is 0.130 e. The number of nitrogens with zero attached hydrogens (tertiary/aromatic N) is 2. The molecule has 1 aliphatic rings. The Morgan fingerprint density at radius 3 is 2.37 bits per heavy atom. The first kappa shape index (κ1) is 17.9. The molecule has 0 unspecified atom stereocenters. The van der Waals surface area contributed by atoms with E-state index in [4.69, 9.17) is 0 Å². The van der Waals surface area contributed by atoms with Gasteiger partial charge in [-0.3, -0.25) is 4.90 Å². The number of aryl methyl sites for hydroxylation is 2. The molecule has 2 aromatic carbocycles. The number of fused-ring (bicyclic) bond motifs is 1. The largest absolute Gasteiger partial charge is 0.350 e.